The van der Waals surface area contributed by atoms with Crippen molar-refractivity contribution in [3.63, 3.8) is 0 Å². The van der Waals surface area contributed by atoms with Gasteiger partial charge in [0.25, 0.3) is 0 Å². The van der Waals surface area contributed by atoms with Crippen molar-refractivity contribution in [1.29, 1.82) is 0 Å². The third-order valence-electron chi connectivity index (χ3n) is 5.81. The van der Waals surface area contributed by atoms with E-state index in [4.69, 9.17) is 4.52 Å². The molecule has 0 unspecified atom stereocenters. The van der Waals surface area contributed by atoms with Crippen LogP contribution in [0.4, 0.5) is 8.78 Å². The van der Waals surface area contributed by atoms with Crippen LogP contribution in [0, 0.1) is 18.6 Å². The Labute approximate surface area is 204 Å². The fourth-order valence-corrected chi connectivity index (χ4v) is 3.96. The average Bonchev–Trinajstić information content (AvgIpc) is 3.52. The van der Waals surface area contributed by atoms with Crippen LogP contribution in [-0.2, 0) is 6.54 Å². The number of aromatic nitrogens is 6. The summed E-state index contributed by atoms with van der Waals surface area (Å²) < 4.78 is 34.5. The second-order valence-corrected chi connectivity index (χ2v) is 8.30. The lowest BCUT2D eigenvalue weighted by molar-refractivity contribution is 0.394. The average molecular weight is 480 g/mol. The Morgan fingerprint density at radius 3 is 2.19 bits per heavy atom. The molecule has 2 aliphatic heterocycles. The molecular weight excluding hydrogens is 462 g/mol. The van der Waals surface area contributed by atoms with Gasteiger partial charge in [-0.1, -0.05) is 59.8 Å². The van der Waals surface area contributed by atoms with Crippen LogP contribution in [0.25, 0.3) is 45.3 Å². The molecule has 3 aromatic carbocycles. The van der Waals surface area contributed by atoms with Crippen LogP contribution in [0.5, 0.6) is 0 Å². The fourth-order valence-electron chi connectivity index (χ4n) is 3.96. The van der Waals surface area contributed by atoms with Crippen molar-refractivity contribution in [2.45, 2.75) is 13.5 Å². The van der Waals surface area contributed by atoms with Crippen LogP contribution in [0.2, 0.25) is 0 Å². The van der Waals surface area contributed by atoms with E-state index < -0.39 is 11.6 Å². The van der Waals surface area contributed by atoms with Gasteiger partial charge in [0.1, 0.15) is 11.4 Å². The summed E-state index contributed by atoms with van der Waals surface area (Å²) in [6, 6.07) is 20.1. The van der Waals surface area contributed by atoms with Crippen LogP contribution in [-0.4, -0.2) is 29.9 Å². The number of hydrogen-bond acceptors (Lipinski definition) is 6. The van der Waals surface area contributed by atoms with Gasteiger partial charge in [-0.25, -0.2) is 18.7 Å². The summed E-state index contributed by atoms with van der Waals surface area (Å²) in [5, 5.41) is 8.35. The Bertz CT molecular complexity index is 1640. The zero-order valence-corrected chi connectivity index (χ0v) is 19.1. The van der Waals surface area contributed by atoms with Gasteiger partial charge in [0.05, 0.1) is 24.5 Å². The maximum absolute atomic E-state index is 14.2. The molecule has 0 atom stereocenters. The largest absolute Gasteiger partial charge is 0.339 e. The van der Waals surface area contributed by atoms with Crippen molar-refractivity contribution in [3.8, 4) is 45.3 Å². The molecule has 3 heterocycles. The Morgan fingerprint density at radius 2 is 1.47 bits per heavy atom. The molecule has 0 spiro atoms. The van der Waals surface area contributed by atoms with E-state index in [1.54, 1.807) is 24.0 Å². The third-order valence-corrected chi connectivity index (χ3v) is 5.81. The van der Waals surface area contributed by atoms with Crippen molar-refractivity contribution in [1.82, 2.24) is 29.9 Å². The highest BCUT2D eigenvalue weighted by Crippen LogP contribution is 2.27. The second-order valence-electron chi connectivity index (χ2n) is 8.30. The first-order valence-electron chi connectivity index (χ1n) is 11.2. The predicted octanol–water partition coefficient (Wildman–Crippen LogP) is 5.80. The molecule has 176 valence electrons. The minimum atomic E-state index is -0.965. The molecule has 0 bridgehead atoms. The standard InChI is InChI=1S/C27H18F2N6O/c1-16-31-26(34-36-16)20-11-9-19(10-12-20)18-7-5-17(6-8-18)14-35-15-24-23(13-30-35)32-27(33-24)21-3-2-4-22(28)25(21)29/h2-13,15H,14H2,1H3. The van der Waals surface area contributed by atoms with Gasteiger partial charge in [-0.3, -0.25) is 4.68 Å². The van der Waals surface area contributed by atoms with Crippen LogP contribution in [0.15, 0.2) is 83.6 Å². The highest BCUT2D eigenvalue weighted by molar-refractivity contribution is 5.68. The van der Waals surface area contributed by atoms with Crippen molar-refractivity contribution >= 4 is 0 Å². The van der Waals surface area contributed by atoms with E-state index in [1.807, 2.05) is 36.4 Å². The van der Waals surface area contributed by atoms with Crippen LogP contribution < -0.4 is 0 Å². The number of imidazole rings is 1. The van der Waals surface area contributed by atoms with Gasteiger partial charge in [-0.05, 0) is 28.8 Å². The van der Waals surface area contributed by atoms with Crippen LogP contribution in [0.3, 0.4) is 0 Å². The predicted molar refractivity (Wildman–Crippen MR) is 129 cm³/mol. The molecule has 1 aromatic heterocycles. The first-order valence-corrected chi connectivity index (χ1v) is 11.2. The van der Waals surface area contributed by atoms with E-state index >= 15 is 0 Å². The molecule has 9 heteroatoms. The zero-order chi connectivity index (χ0) is 24.6. The number of aryl methyl sites for hydroxylation is 1. The highest BCUT2D eigenvalue weighted by atomic mass is 19.2. The highest BCUT2D eigenvalue weighted by Gasteiger charge is 2.18. The molecule has 6 rings (SSSR count). The lowest BCUT2D eigenvalue weighted by Crippen LogP contribution is -2.05. The Balaban J connectivity index is 1.20. The molecule has 7 nitrogen and oxygen atoms in total. The molecule has 0 saturated carbocycles. The number of benzene rings is 3. The van der Waals surface area contributed by atoms with Crippen LogP contribution >= 0.6 is 0 Å². The van der Waals surface area contributed by atoms with Gasteiger partial charge in [-0.2, -0.15) is 10.1 Å². The fraction of sp³-hybridized carbons (Fsp3) is 0.0741. The van der Waals surface area contributed by atoms with Gasteiger partial charge >= 0.3 is 0 Å². The molecule has 0 aliphatic carbocycles. The molecule has 36 heavy (non-hydrogen) atoms. The van der Waals surface area contributed by atoms with Gasteiger partial charge in [0.15, 0.2) is 17.5 Å². The molecular formula is C27H18F2N6O. The Kier molecular flexibility index (Phi) is 5.29. The minimum absolute atomic E-state index is 0.0220. The quantitative estimate of drug-likeness (QED) is 0.310. The van der Waals surface area contributed by atoms with Crippen molar-refractivity contribution in [2.24, 2.45) is 0 Å². The summed E-state index contributed by atoms with van der Waals surface area (Å²) in [7, 11) is 0. The summed E-state index contributed by atoms with van der Waals surface area (Å²) >= 11 is 0. The van der Waals surface area contributed by atoms with E-state index in [1.165, 1.54) is 12.1 Å². The van der Waals surface area contributed by atoms with E-state index in [2.05, 4.69) is 37.3 Å². The van der Waals surface area contributed by atoms with Gasteiger partial charge in [-0.15, -0.1) is 0 Å². The van der Waals surface area contributed by atoms with Crippen LogP contribution in [0.1, 0.15) is 11.5 Å². The summed E-state index contributed by atoms with van der Waals surface area (Å²) in [5.41, 5.74) is 5.17. The Morgan fingerprint density at radius 1 is 0.778 bits per heavy atom. The molecule has 0 radical (unpaired) electrons. The number of nitrogens with zero attached hydrogens (tertiary/aromatic N) is 6. The lowest BCUT2D eigenvalue weighted by Gasteiger charge is -2.08. The summed E-state index contributed by atoms with van der Waals surface area (Å²) in [6.45, 7) is 2.28. The molecule has 4 aromatic rings. The monoisotopic (exact) mass is 480 g/mol. The number of halogens is 2. The SMILES string of the molecule is Cc1nc(-c2ccc(-c3ccc(Cn4cc5nc(-c6cccc(F)c6F)nc-5cn4)cc3)cc2)no1. The normalized spacial score (nSPS) is 11.3. The van der Waals surface area contributed by atoms with Crippen molar-refractivity contribution < 1.29 is 13.3 Å². The van der Waals surface area contributed by atoms with E-state index in [0.717, 1.165) is 28.3 Å². The van der Waals surface area contributed by atoms with Gasteiger partial charge in [0.2, 0.25) is 11.7 Å². The smallest absolute Gasteiger partial charge is 0.223 e. The molecule has 0 amide bonds. The van der Waals surface area contributed by atoms with Crippen molar-refractivity contribution in [2.75, 3.05) is 0 Å². The number of hydrogen-bond donors (Lipinski definition) is 0. The molecule has 0 saturated heterocycles. The van der Waals surface area contributed by atoms with Gasteiger partial charge < -0.3 is 4.52 Å². The number of fused-ring (bicyclic) bond motifs is 1. The van der Waals surface area contributed by atoms with Gasteiger partial charge in [0, 0.05) is 12.5 Å². The van der Waals surface area contributed by atoms with E-state index in [9.17, 15) is 8.78 Å². The summed E-state index contributed by atoms with van der Waals surface area (Å²) in [6.07, 6.45) is 3.32. The summed E-state index contributed by atoms with van der Waals surface area (Å²) in [5.74, 6) is -0.670. The van der Waals surface area contributed by atoms with Crippen molar-refractivity contribution in [3.05, 3.63) is 102 Å². The summed E-state index contributed by atoms with van der Waals surface area (Å²) in [4.78, 5) is 12.9. The third kappa shape index (κ3) is 4.11. The Hall–Kier alpha value is -4.79. The second kappa shape index (κ2) is 8.77. The first-order chi connectivity index (χ1) is 17.5. The molecule has 2 aliphatic rings. The lowest BCUT2D eigenvalue weighted by atomic mass is 10.0. The molecule has 0 N–H and O–H groups in total. The maximum Gasteiger partial charge on any atom is 0.223 e. The maximum atomic E-state index is 14.2. The van der Waals surface area contributed by atoms with E-state index in [-0.39, 0.29) is 11.4 Å². The first kappa shape index (κ1) is 21.7. The minimum Gasteiger partial charge on any atom is -0.339 e. The molecule has 0 fully saturated rings. The zero-order valence-electron chi connectivity index (χ0n) is 19.1. The number of rotatable bonds is 5. The van der Waals surface area contributed by atoms with E-state index in [0.29, 0.717) is 29.6 Å². The topological polar surface area (TPSA) is 82.5 Å².